The van der Waals surface area contributed by atoms with Gasteiger partial charge in [-0.25, -0.2) is 0 Å². The minimum Gasteiger partial charge on any atom is -0.488 e. The Morgan fingerprint density at radius 1 is 1.07 bits per heavy atom. The highest BCUT2D eigenvalue weighted by Gasteiger charge is 2.12. The van der Waals surface area contributed by atoms with Crippen LogP contribution < -0.4 is 10.1 Å². The number of benzene rings is 3. The van der Waals surface area contributed by atoms with E-state index in [9.17, 15) is 10.1 Å². The van der Waals surface area contributed by atoms with Gasteiger partial charge in [0.2, 0.25) is 0 Å². The van der Waals surface area contributed by atoms with Gasteiger partial charge < -0.3 is 10.1 Å². The van der Waals surface area contributed by atoms with Crippen LogP contribution in [0.15, 0.2) is 81.2 Å². The summed E-state index contributed by atoms with van der Waals surface area (Å²) in [4.78, 5) is 12.6. The monoisotopic (exact) mass is 544 g/mol. The zero-order valence-electron chi connectivity index (χ0n) is 15.5. The van der Waals surface area contributed by atoms with E-state index >= 15 is 0 Å². The Morgan fingerprint density at radius 3 is 2.50 bits per heavy atom. The Labute approximate surface area is 196 Å². The third-order valence-electron chi connectivity index (χ3n) is 4.03. The Kier molecular flexibility index (Phi) is 7.69. The van der Waals surface area contributed by atoms with Crippen LogP contribution in [0.2, 0.25) is 5.02 Å². The standard InChI is InChI=1S/C23H15Br2ClN2O2/c24-18-6-4-15(5-7-18)14-30-22-9-8-19(25)11-16(22)10-17(13-27)23(29)28-21-3-1-2-20(26)12-21/h1-12H,14H2,(H,28,29)/b17-10+. The van der Waals surface area contributed by atoms with Gasteiger partial charge in [-0.3, -0.25) is 4.79 Å². The molecule has 0 saturated carbocycles. The van der Waals surface area contributed by atoms with Crippen LogP contribution in [0.25, 0.3) is 6.08 Å². The van der Waals surface area contributed by atoms with E-state index in [0.717, 1.165) is 14.5 Å². The van der Waals surface area contributed by atoms with Crippen LogP contribution in [-0.4, -0.2) is 5.91 Å². The molecule has 0 saturated heterocycles. The highest BCUT2D eigenvalue weighted by Crippen LogP contribution is 2.27. The Balaban J connectivity index is 1.82. The molecule has 150 valence electrons. The largest absolute Gasteiger partial charge is 0.488 e. The molecule has 0 unspecified atom stereocenters. The first-order valence-corrected chi connectivity index (χ1v) is 10.8. The van der Waals surface area contributed by atoms with Gasteiger partial charge in [-0.15, -0.1) is 0 Å². The van der Waals surface area contributed by atoms with Gasteiger partial charge in [0, 0.05) is 25.2 Å². The molecule has 3 aromatic rings. The first-order valence-electron chi connectivity index (χ1n) is 8.80. The van der Waals surface area contributed by atoms with Gasteiger partial charge in [0.1, 0.15) is 24.0 Å². The van der Waals surface area contributed by atoms with Crippen LogP contribution in [0, 0.1) is 11.3 Å². The molecule has 30 heavy (non-hydrogen) atoms. The average Bonchev–Trinajstić information content (AvgIpc) is 2.72. The van der Waals surface area contributed by atoms with Crippen molar-refractivity contribution >= 4 is 61.1 Å². The third kappa shape index (κ3) is 6.20. The van der Waals surface area contributed by atoms with Crippen molar-refractivity contribution in [2.75, 3.05) is 5.32 Å². The van der Waals surface area contributed by atoms with Gasteiger partial charge in [0.05, 0.1) is 0 Å². The van der Waals surface area contributed by atoms with E-state index in [2.05, 4.69) is 37.2 Å². The summed E-state index contributed by atoms with van der Waals surface area (Å²) in [6.45, 7) is 0.354. The molecule has 4 nitrogen and oxygen atoms in total. The lowest BCUT2D eigenvalue weighted by atomic mass is 10.1. The Bertz CT molecular complexity index is 1140. The maximum absolute atomic E-state index is 12.6. The molecular weight excluding hydrogens is 532 g/mol. The minimum absolute atomic E-state index is 0.0541. The van der Waals surface area contributed by atoms with Gasteiger partial charge in [0.25, 0.3) is 5.91 Å². The van der Waals surface area contributed by atoms with Crippen LogP contribution in [0.5, 0.6) is 5.75 Å². The van der Waals surface area contributed by atoms with Crippen LogP contribution in [0.1, 0.15) is 11.1 Å². The number of carbonyl (C=O) groups is 1. The maximum atomic E-state index is 12.6. The van der Waals surface area contributed by atoms with E-state index in [1.807, 2.05) is 36.4 Å². The molecule has 0 aliphatic heterocycles. The number of hydrogen-bond donors (Lipinski definition) is 1. The molecule has 3 aromatic carbocycles. The number of nitriles is 1. The summed E-state index contributed by atoms with van der Waals surface area (Å²) in [7, 11) is 0. The van der Waals surface area contributed by atoms with E-state index in [4.69, 9.17) is 16.3 Å². The second kappa shape index (κ2) is 10.4. The summed E-state index contributed by atoms with van der Waals surface area (Å²) in [6.07, 6.45) is 1.50. The van der Waals surface area contributed by atoms with Crippen LogP contribution in [0.3, 0.4) is 0 Å². The molecule has 0 bridgehead atoms. The maximum Gasteiger partial charge on any atom is 0.266 e. The number of nitrogens with zero attached hydrogens (tertiary/aromatic N) is 1. The number of amides is 1. The van der Waals surface area contributed by atoms with Crippen molar-refractivity contribution in [3.05, 3.63) is 97.4 Å². The molecular formula is C23H15Br2ClN2O2. The smallest absolute Gasteiger partial charge is 0.266 e. The normalized spacial score (nSPS) is 10.9. The van der Waals surface area contributed by atoms with Crippen molar-refractivity contribution in [3.8, 4) is 11.8 Å². The number of rotatable bonds is 6. The summed E-state index contributed by atoms with van der Waals surface area (Å²) < 4.78 is 7.73. The van der Waals surface area contributed by atoms with Crippen molar-refractivity contribution in [1.29, 1.82) is 5.26 Å². The van der Waals surface area contributed by atoms with E-state index in [1.165, 1.54) is 6.08 Å². The van der Waals surface area contributed by atoms with Gasteiger partial charge in [-0.2, -0.15) is 5.26 Å². The summed E-state index contributed by atoms with van der Waals surface area (Å²) in [5.41, 5.74) is 2.06. The fourth-order valence-corrected chi connectivity index (χ4v) is 3.41. The van der Waals surface area contributed by atoms with Gasteiger partial charge in [0.15, 0.2) is 0 Å². The Morgan fingerprint density at radius 2 is 1.80 bits per heavy atom. The quantitative estimate of drug-likeness (QED) is 0.268. The van der Waals surface area contributed by atoms with Gasteiger partial charge >= 0.3 is 0 Å². The zero-order chi connectivity index (χ0) is 21.5. The third-order valence-corrected chi connectivity index (χ3v) is 5.28. The van der Waals surface area contributed by atoms with Crippen molar-refractivity contribution in [3.63, 3.8) is 0 Å². The van der Waals surface area contributed by atoms with Crippen molar-refractivity contribution in [1.82, 2.24) is 0 Å². The summed E-state index contributed by atoms with van der Waals surface area (Å²) >= 11 is 12.8. The molecule has 3 rings (SSSR count). The van der Waals surface area contributed by atoms with Crippen molar-refractivity contribution < 1.29 is 9.53 Å². The first kappa shape index (κ1) is 22.1. The fourth-order valence-electron chi connectivity index (χ4n) is 2.57. The molecule has 0 fully saturated rings. The lowest BCUT2D eigenvalue weighted by molar-refractivity contribution is -0.112. The van der Waals surface area contributed by atoms with Crippen molar-refractivity contribution in [2.24, 2.45) is 0 Å². The molecule has 0 aromatic heterocycles. The summed E-state index contributed by atoms with van der Waals surface area (Å²) in [6, 6.07) is 21.9. The van der Waals surface area contributed by atoms with E-state index in [-0.39, 0.29) is 5.57 Å². The van der Waals surface area contributed by atoms with E-state index in [0.29, 0.717) is 28.6 Å². The molecule has 1 amide bonds. The van der Waals surface area contributed by atoms with E-state index < -0.39 is 5.91 Å². The highest BCUT2D eigenvalue weighted by atomic mass is 79.9. The first-order chi connectivity index (χ1) is 14.4. The predicted molar refractivity (Wildman–Crippen MR) is 126 cm³/mol. The summed E-state index contributed by atoms with van der Waals surface area (Å²) in [5, 5.41) is 12.7. The predicted octanol–water partition coefficient (Wildman–Crippen LogP) is 6.99. The van der Waals surface area contributed by atoms with Crippen molar-refractivity contribution in [2.45, 2.75) is 6.61 Å². The number of ether oxygens (including phenoxy) is 1. The minimum atomic E-state index is -0.529. The number of anilines is 1. The molecule has 0 aliphatic rings. The number of hydrogen-bond acceptors (Lipinski definition) is 3. The van der Waals surface area contributed by atoms with Crippen LogP contribution >= 0.6 is 43.5 Å². The number of halogens is 3. The highest BCUT2D eigenvalue weighted by molar-refractivity contribution is 9.10. The van der Waals surface area contributed by atoms with Gasteiger partial charge in [-0.05, 0) is 60.2 Å². The number of nitrogens with one attached hydrogen (secondary N) is 1. The molecule has 1 N–H and O–H groups in total. The van der Waals surface area contributed by atoms with E-state index in [1.54, 1.807) is 36.4 Å². The molecule has 0 radical (unpaired) electrons. The lowest BCUT2D eigenvalue weighted by Crippen LogP contribution is -2.13. The lowest BCUT2D eigenvalue weighted by Gasteiger charge is -2.11. The molecule has 0 spiro atoms. The average molecular weight is 547 g/mol. The second-order valence-electron chi connectivity index (χ2n) is 6.23. The zero-order valence-corrected chi connectivity index (χ0v) is 19.5. The Hall–Kier alpha value is -2.59. The summed E-state index contributed by atoms with van der Waals surface area (Å²) in [5.74, 6) is 0.0306. The van der Waals surface area contributed by atoms with Gasteiger partial charge in [-0.1, -0.05) is 61.7 Å². The topological polar surface area (TPSA) is 62.1 Å². The molecule has 0 atom stereocenters. The number of carbonyl (C=O) groups excluding carboxylic acids is 1. The SMILES string of the molecule is N#C/C(=C\c1cc(Br)ccc1OCc1ccc(Br)cc1)C(=O)Nc1cccc(Cl)c1. The fraction of sp³-hybridized carbons (Fsp3) is 0.0435. The molecule has 7 heteroatoms. The molecule has 0 aliphatic carbocycles. The van der Waals surface area contributed by atoms with Crippen LogP contribution in [-0.2, 0) is 11.4 Å². The van der Waals surface area contributed by atoms with Crippen LogP contribution in [0.4, 0.5) is 5.69 Å². The molecule has 0 heterocycles. The second-order valence-corrected chi connectivity index (χ2v) is 8.50.